The van der Waals surface area contributed by atoms with Gasteiger partial charge in [-0.05, 0) is 12.1 Å². The van der Waals surface area contributed by atoms with Gasteiger partial charge in [-0.25, -0.2) is 9.48 Å². The predicted octanol–water partition coefficient (Wildman–Crippen LogP) is 2.86. The lowest BCUT2D eigenvalue weighted by Gasteiger charge is -2.09. The summed E-state index contributed by atoms with van der Waals surface area (Å²) in [6.07, 6.45) is 1.27. The van der Waals surface area contributed by atoms with E-state index in [9.17, 15) is 4.79 Å². The normalized spacial score (nSPS) is 10.2. The second-order valence-corrected chi connectivity index (χ2v) is 4.84. The van der Waals surface area contributed by atoms with E-state index in [1.54, 1.807) is 0 Å². The summed E-state index contributed by atoms with van der Waals surface area (Å²) in [6.45, 7) is 3.81. The molecule has 1 aromatic heterocycles. The maximum atomic E-state index is 11.1. The third-order valence-corrected chi connectivity index (χ3v) is 2.55. The number of carboxylic acids is 1. The second-order valence-electron chi connectivity index (χ2n) is 3.72. The number of rotatable bonds is 5. The van der Waals surface area contributed by atoms with Crippen molar-refractivity contribution in [2.45, 2.75) is 0 Å². The first-order valence-electron chi connectivity index (χ1n) is 5.42. The molecule has 5 nitrogen and oxygen atoms in total. The minimum atomic E-state index is -1.09. The van der Waals surface area contributed by atoms with Crippen molar-refractivity contribution in [1.82, 2.24) is 9.78 Å². The van der Waals surface area contributed by atoms with E-state index < -0.39 is 5.97 Å². The number of hydrogen-bond acceptors (Lipinski definition) is 3. The molecule has 6 heteroatoms. The van der Waals surface area contributed by atoms with Crippen LogP contribution in [0.5, 0.6) is 5.88 Å². The summed E-state index contributed by atoms with van der Waals surface area (Å²) in [6, 6.07) is 9.17. The Morgan fingerprint density at radius 3 is 2.68 bits per heavy atom. The van der Waals surface area contributed by atoms with Crippen molar-refractivity contribution in [3.05, 3.63) is 53.2 Å². The molecule has 0 aliphatic carbocycles. The first-order valence-corrected chi connectivity index (χ1v) is 6.21. The first-order chi connectivity index (χ1) is 9.09. The lowest BCUT2D eigenvalue weighted by molar-refractivity contribution is 0.0692. The molecule has 0 unspecified atom stereocenters. The number of ether oxygens (including phenoxy) is 1. The lowest BCUT2D eigenvalue weighted by atomic mass is 10.3. The molecule has 0 radical (unpaired) electrons. The van der Waals surface area contributed by atoms with Gasteiger partial charge in [-0.15, -0.1) is 0 Å². The third-order valence-electron chi connectivity index (χ3n) is 2.32. The van der Waals surface area contributed by atoms with Gasteiger partial charge in [0.1, 0.15) is 12.2 Å². The van der Waals surface area contributed by atoms with Crippen LogP contribution in [0.15, 0.2) is 47.6 Å². The minimum Gasteiger partial charge on any atom is -0.477 e. The number of hydrogen-bond donors (Lipinski definition) is 1. The molecule has 0 amide bonds. The molecule has 1 aromatic carbocycles. The molecule has 0 aliphatic heterocycles. The van der Waals surface area contributed by atoms with E-state index in [0.29, 0.717) is 4.48 Å². The van der Waals surface area contributed by atoms with Gasteiger partial charge in [0.05, 0.1) is 11.9 Å². The van der Waals surface area contributed by atoms with Crippen molar-refractivity contribution in [3.8, 4) is 11.6 Å². The smallest absolute Gasteiger partial charge is 0.342 e. The monoisotopic (exact) mass is 322 g/mol. The van der Waals surface area contributed by atoms with Crippen LogP contribution in [-0.4, -0.2) is 27.5 Å². The molecule has 0 aliphatic rings. The van der Waals surface area contributed by atoms with Crippen molar-refractivity contribution < 1.29 is 14.6 Å². The van der Waals surface area contributed by atoms with E-state index in [1.165, 1.54) is 10.9 Å². The fourth-order valence-corrected chi connectivity index (χ4v) is 1.64. The van der Waals surface area contributed by atoms with Gasteiger partial charge < -0.3 is 9.84 Å². The Balaban J connectivity index is 2.43. The largest absolute Gasteiger partial charge is 0.477 e. The summed E-state index contributed by atoms with van der Waals surface area (Å²) in [5.41, 5.74) is 0.739. The molecule has 98 valence electrons. The van der Waals surface area contributed by atoms with Gasteiger partial charge in [0, 0.05) is 4.48 Å². The van der Waals surface area contributed by atoms with Crippen molar-refractivity contribution in [2.24, 2.45) is 0 Å². The summed E-state index contributed by atoms with van der Waals surface area (Å²) in [5.74, 6) is -0.906. The fourth-order valence-electron chi connectivity index (χ4n) is 1.52. The topological polar surface area (TPSA) is 64.3 Å². The van der Waals surface area contributed by atoms with E-state index in [2.05, 4.69) is 27.6 Å². The van der Waals surface area contributed by atoms with Gasteiger partial charge in [0.2, 0.25) is 5.88 Å². The Labute approximate surface area is 118 Å². The van der Waals surface area contributed by atoms with Crippen molar-refractivity contribution in [3.63, 3.8) is 0 Å². The molecule has 0 atom stereocenters. The van der Waals surface area contributed by atoms with Crippen molar-refractivity contribution in [1.29, 1.82) is 0 Å². The average Bonchev–Trinajstić information content (AvgIpc) is 2.81. The molecule has 0 fully saturated rings. The van der Waals surface area contributed by atoms with Gasteiger partial charge in [0.15, 0.2) is 0 Å². The van der Waals surface area contributed by atoms with Crippen LogP contribution in [0.2, 0.25) is 0 Å². The molecule has 19 heavy (non-hydrogen) atoms. The highest BCUT2D eigenvalue weighted by Crippen LogP contribution is 2.23. The number of nitrogens with zero attached hydrogens (tertiary/aromatic N) is 2. The highest BCUT2D eigenvalue weighted by molar-refractivity contribution is 9.11. The summed E-state index contributed by atoms with van der Waals surface area (Å²) < 4.78 is 7.52. The van der Waals surface area contributed by atoms with Crippen LogP contribution in [0.25, 0.3) is 5.69 Å². The summed E-state index contributed by atoms with van der Waals surface area (Å²) in [5, 5.41) is 13.2. The molecule has 0 spiro atoms. The molecule has 0 bridgehead atoms. The Morgan fingerprint density at radius 1 is 1.42 bits per heavy atom. The van der Waals surface area contributed by atoms with Crippen LogP contribution in [0.3, 0.4) is 0 Å². The molecule has 0 saturated heterocycles. The highest BCUT2D eigenvalue weighted by Gasteiger charge is 2.19. The van der Waals surface area contributed by atoms with Crippen molar-refractivity contribution in [2.75, 3.05) is 6.61 Å². The summed E-state index contributed by atoms with van der Waals surface area (Å²) >= 11 is 3.17. The van der Waals surface area contributed by atoms with Gasteiger partial charge in [-0.3, -0.25) is 0 Å². The van der Waals surface area contributed by atoms with Crippen LogP contribution in [0.4, 0.5) is 0 Å². The maximum absolute atomic E-state index is 11.1. The molecule has 2 aromatic rings. The van der Waals surface area contributed by atoms with Crippen LogP contribution in [0, 0.1) is 0 Å². The SMILES string of the molecule is C=C(Br)COc1c(C(=O)O)cnn1-c1ccccc1. The van der Waals surface area contributed by atoms with Crippen LogP contribution < -0.4 is 4.74 Å². The Bertz CT molecular complexity index is 608. The molecule has 0 saturated carbocycles. The molecular formula is C13H11BrN2O3. The van der Waals surface area contributed by atoms with E-state index >= 15 is 0 Å². The fraction of sp³-hybridized carbons (Fsp3) is 0.0769. The van der Waals surface area contributed by atoms with Crippen molar-refractivity contribution >= 4 is 21.9 Å². The summed E-state index contributed by atoms with van der Waals surface area (Å²) in [4.78, 5) is 11.1. The summed E-state index contributed by atoms with van der Waals surface area (Å²) in [7, 11) is 0. The average molecular weight is 323 g/mol. The second kappa shape index (κ2) is 5.71. The zero-order valence-electron chi connectivity index (χ0n) is 9.91. The number of carboxylic acid groups (broad SMARTS) is 1. The lowest BCUT2D eigenvalue weighted by Crippen LogP contribution is -2.07. The number of halogens is 1. The number of aromatic nitrogens is 2. The van der Waals surface area contributed by atoms with Crippen LogP contribution in [-0.2, 0) is 0 Å². The molecule has 2 rings (SSSR count). The van der Waals surface area contributed by atoms with E-state index in [0.717, 1.165) is 5.69 Å². The number of benzene rings is 1. The van der Waals surface area contributed by atoms with Crippen LogP contribution >= 0.6 is 15.9 Å². The van der Waals surface area contributed by atoms with E-state index in [4.69, 9.17) is 9.84 Å². The van der Waals surface area contributed by atoms with Gasteiger partial charge in [-0.1, -0.05) is 40.7 Å². The Kier molecular flexibility index (Phi) is 4.01. The quantitative estimate of drug-likeness (QED) is 0.919. The molecule has 1 heterocycles. The number of aromatic carboxylic acids is 1. The molecular weight excluding hydrogens is 312 g/mol. The van der Waals surface area contributed by atoms with Gasteiger partial charge >= 0.3 is 5.97 Å². The Hall–Kier alpha value is -2.08. The van der Waals surface area contributed by atoms with Gasteiger partial charge in [-0.2, -0.15) is 5.10 Å². The zero-order chi connectivity index (χ0) is 13.8. The zero-order valence-corrected chi connectivity index (χ0v) is 11.5. The Morgan fingerprint density at radius 2 is 2.11 bits per heavy atom. The maximum Gasteiger partial charge on any atom is 0.342 e. The van der Waals surface area contributed by atoms with Gasteiger partial charge in [0.25, 0.3) is 0 Å². The standard InChI is InChI=1S/C13H11BrN2O3/c1-9(14)8-19-12-11(13(17)18)7-15-16(12)10-5-3-2-4-6-10/h2-7H,1,8H2,(H,17,18). The first kappa shape index (κ1) is 13.4. The van der Waals surface area contributed by atoms with E-state index in [-0.39, 0.29) is 18.1 Å². The number of para-hydroxylation sites is 1. The predicted molar refractivity (Wildman–Crippen MR) is 74.1 cm³/mol. The third kappa shape index (κ3) is 3.03. The van der Waals surface area contributed by atoms with Crippen LogP contribution in [0.1, 0.15) is 10.4 Å². The van der Waals surface area contributed by atoms with E-state index in [1.807, 2.05) is 30.3 Å². The molecule has 1 N–H and O–H groups in total. The number of carbonyl (C=O) groups is 1. The highest BCUT2D eigenvalue weighted by atomic mass is 79.9. The minimum absolute atomic E-state index is 0.0117.